The van der Waals surface area contributed by atoms with Crippen LogP contribution in [-0.4, -0.2) is 4.57 Å². The molecule has 1 aliphatic carbocycles. The van der Waals surface area contributed by atoms with Crippen LogP contribution >= 0.6 is 0 Å². The van der Waals surface area contributed by atoms with Crippen LogP contribution in [0.4, 0.5) is 0 Å². The lowest BCUT2D eigenvalue weighted by Gasteiger charge is -2.23. The third-order valence-electron chi connectivity index (χ3n) is 6.60. The summed E-state index contributed by atoms with van der Waals surface area (Å²) in [6.45, 7) is 0. The van der Waals surface area contributed by atoms with Gasteiger partial charge in [0.15, 0.2) is 0 Å². The normalized spacial score (nSPS) is 16.2. The average molecular weight is 353 g/mol. The molecule has 2 heterocycles. The van der Waals surface area contributed by atoms with Crippen LogP contribution in [0.5, 0.6) is 0 Å². The Hall–Kier alpha value is -2.74. The maximum absolute atomic E-state index is 6.16. The van der Waals surface area contributed by atoms with Crippen molar-refractivity contribution in [2.24, 2.45) is 7.05 Å². The zero-order valence-electron chi connectivity index (χ0n) is 15.7. The Morgan fingerprint density at radius 2 is 1.59 bits per heavy atom. The van der Waals surface area contributed by atoms with Crippen molar-refractivity contribution in [2.45, 2.75) is 38.0 Å². The lowest BCUT2D eigenvalue weighted by atomic mass is 9.83. The van der Waals surface area contributed by atoms with Crippen molar-refractivity contribution in [3.05, 3.63) is 60.2 Å². The number of benzene rings is 3. The Bertz CT molecular complexity index is 1310. The van der Waals surface area contributed by atoms with Crippen molar-refractivity contribution in [3.63, 3.8) is 0 Å². The Morgan fingerprint density at radius 3 is 2.48 bits per heavy atom. The van der Waals surface area contributed by atoms with Crippen molar-refractivity contribution in [3.8, 4) is 0 Å². The van der Waals surface area contributed by atoms with Gasteiger partial charge in [0.1, 0.15) is 11.2 Å². The summed E-state index contributed by atoms with van der Waals surface area (Å²) in [6, 6.07) is 19.7. The quantitative estimate of drug-likeness (QED) is 0.310. The van der Waals surface area contributed by atoms with Gasteiger partial charge in [-0.05, 0) is 42.5 Å². The molecular formula is C25H23NO. The predicted octanol–water partition coefficient (Wildman–Crippen LogP) is 7.28. The molecule has 1 saturated carbocycles. The van der Waals surface area contributed by atoms with Gasteiger partial charge >= 0.3 is 0 Å². The van der Waals surface area contributed by atoms with Crippen molar-refractivity contribution in [1.29, 1.82) is 0 Å². The molecule has 0 atom stereocenters. The monoisotopic (exact) mass is 353 g/mol. The second-order valence-corrected chi connectivity index (χ2v) is 8.07. The van der Waals surface area contributed by atoms with Crippen molar-refractivity contribution < 1.29 is 4.42 Å². The van der Waals surface area contributed by atoms with Gasteiger partial charge in [-0.3, -0.25) is 0 Å². The summed E-state index contributed by atoms with van der Waals surface area (Å²) in [5, 5.41) is 5.18. The predicted molar refractivity (Wildman–Crippen MR) is 114 cm³/mol. The summed E-state index contributed by atoms with van der Waals surface area (Å²) in [6.07, 6.45) is 6.77. The van der Waals surface area contributed by atoms with E-state index < -0.39 is 0 Å². The highest BCUT2D eigenvalue weighted by atomic mass is 16.3. The van der Waals surface area contributed by atoms with Crippen LogP contribution < -0.4 is 0 Å². The van der Waals surface area contributed by atoms with Crippen LogP contribution in [-0.2, 0) is 7.05 Å². The van der Waals surface area contributed by atoms with Crippen molar-refractivity contribution in [2.75, 3.05) is 0 Å². The number of furan rings is 1. The van der Waals surface area contributed by atoms with Gasteiger partial charge in [0.2, 0.25) is 0 Å². The van der Waals surface area contributed by atoms with Crippen LogP contribution in [0.2, 0.25) is 0 Å². The minimum atomic E-state index is 0.696. The fourth-order valence-electron chi connectivity index (χ4n) is 5.36. The zero-order chi connectivity index (χ0) is 18.0. The number of nitrogens with zero attached hydrogens (tertiary/aromatic N) is 1. The maximum atomic E-state index is 6.16. The molecule has 27 heavy (non-hydrogen) atoms. The summed E-state index contributed by atoms with van der Waals surface area (Å²) in [5.41, 5.74) is 6.20. The van der Waals surface area contributed by atoms with Crippen LogP contribution in [0, 0.1) is 0 Å². The van der Waals surface area contributed by atoms with E-state index in [0.717, 1.165) is 11.2 Å². The van der Waals surface area contributed by atoms with E-state index in [0.29, 0.717) is 5.92 Å². The fourth-order valence-corrected chi connectivity index (χ4v) is 5.36. The molecule has 2 aromatic heterocycles. The number of hydrogen-bond donors (Lipinski definition) is 0. The molecule has 0 amide bonds. The highest BCUT2D eigenvalue weighted by Crippen LogP contribution is 2.43. The average Bonchev–Trinajstić information content (AvgIpc) is 3.24. The van der Waals surface area contributed by atoms with E-state index in [1.165, 1.54) is 70.2 Å². The molecular weight excluding hydrogens is 330 g/mol. The van der Waals surface area contributed by atoms with Crippen LogP contribution in [0.15, 0.2) is 59.0 Å². The lowest BCUT2D eigenvalue weighted by Crippen LogP contribution is -2.06. The molecule has 1 aliphatic rings. The van der Waals surface area contributed by atoms with E-state index in [9.17, 15) is 0 Å². The summed E-state index contributed by atoms with van der Waals surface area (Å²) >= 11 is 0. The summed E-state index contributed by atoms with van der Waals surface area (Å²) in [4.78, 5) is 0. The summed E-state index contributed by atoms with van der Waals surface area (Å²) in [5.74, 6) is 0.696. The molecule has 0 radical (unpaired) electrons. The summed E-state index contributed by atoms with van der Waals surface area (Å²) in [7, 11) is 2.23. The van der Waals surface area contributed by atoms with E-state index in [1.54, 1.807) is 0 Å². The third-order valence-corrected chi connectivity index (χ3v) is 6.60. The van der Waals surface area contributed by atoms with E-state index in [4.69, 9.17) is 4.42 Å². The number of aromatic nitrogens is 1. The number of hydrogen-bond acceptors (Lipinski definition) is 1. The zero-order valence-corrected chi connectivity index (χ0v) is 15.7. The van der Waals surface area contributed by atoms with Gasteiger partial charge in [0.05, 0.1) is 5.52 Å². The molecule has 0 unspecified atom stereocenters. The van der Waals surface area contributed by atoms with Crippen LogP contribution in [0.25, 0.3) is 43.7 Å². The van der Waals surface area contributed by atoms with Gasteiger partial charge in [-0.2, -0.15) is 0 Å². The minimum Gasteiger partial charge on any atom is -0.456 e. The second-order valence-electron chi connectivity index (χ2n) is 8.07. The second kappa shape index (κ2) is 5.63. The van der Waals surface area contributed by atoms with Crippen molar-refractivity contribution in [1.82, 2.24) is 4.57 Å². The van der Waals surface area contributed by atoms with Crippen LogP contribution in [0.3, 0.4) is 0 Å². The third kappa shape index (κ3) is 2.07. The summed E-state index contributed by atoms with van der Waals surface area (Å²) < 4.78 is 8.57. The first-order valence-electron chi connectivity index (χ1n) is 10.1. The van der Waals surface area contributed by atoms with Gasteiger partial charge in [-0.25, -0.2) is 0 Å². The smallest absolute Gasteiger partial charge is 0.136 e. The first-order valence-corrected chi connectivity index (χ1v) is 10.1. The molecule has 2 heteroatoms. The van der Waals surface area contributed by atoms with Gasteiger partial charge in [-0.1, -0.05) is 55.7 Å². The Morgan fingerprint density at radius 1 is 0.778 bits per heavy atom. The first-order chi connectivity index (χ1) is 13.3. The van der Waals surface area contributed by atoms with E-state index >= 15 is 0 Å². The topological polar surface area (TPSA) is 18.1 Å². The van der Waals surface area contributed by atoms with E-state index in [2.05, 4.69) is 60.1 Å². The molecule has 0 aliphatic heterocycles. The number of fused-ring (bicyclic) bond motifs is 7. The van der Waals surface area contributed by atoms with Gasteiger partial charge in [0, 0.05) is 34.1 Å². The Labute approximate surface area is 158 Å². The first kappa shape index (κ1) is 15.3. The van der Waals surface area contributed by atoms with Gasteiger partial charge < -0.3 is 8.98 Å². The molecule has 0 bridgehead atoms. The Kier molecular flexibility index (Phi) is 3.19. The molecule has 1 fully saturated rings. The SMILES string of the molecule is Cn1c2ccc3oc4ccccc4c3c2c2cccc(C3CCCCC3)c21. The number of aryl methyl sites for hydroxylation is 1. The van der Waals surface area contributed by atoms with Crippen LogP contribution in [0.1, 0.15) is 43.6 Å². The highest BCUT2D eigenvalue weighted by Gasteiger charge is 2.22. The molecule has 0 N–H and O–H groups in total. The molecule has 0 spiro atoms. The van der Waals surface area contributed by atoms with Gasteiger partial charge in [0.25, 0.3) is 0 Å². The minimum absolute atomic E-state index is 0.696. The van der Waals surface area contributed by atoms with E-state index in [-0.39, 0.29) is 0 Å². The highest BCUT2D eigenvalue weighted by molar-refractivity contribution is 6.27. The Balaban J connectivity index is 1.78. The van der Waals surface area contributed by atoms with Gasteiger partial charge in [-0.15, -0.1) is 0 Å². The largest absolute Gasteiger partial charge is 0.456 e. The molecule has 2 nitrogen and oxygen atoms in total. The molecule has 3 aromatic carbocycles. The number of rotatable bonds is 1. The molecule has 134 valence electrons. The maximum Gasteiger partial charge on any atom is 0.136 e. The molecule has 0 saturated heterocycles. The molecule has 5 aromatic rings. The lowest BCUT2D eigenvalue weighted by molar-refractivity contribution is 0.445. The van der Waals surface area contributed by atoms with E-state index in [1.807, 2.05) is 6.07 Å². The fraction of sp³-hybridized carbons (Fsp3) is 0.280. The van der Waals surface area contributed by atoms with Crippen molar-refractivity contribution >= 4 is 43.7 Å². The molecule has 6 rings (SSSR count). The number of para-hydroxylation sites is 2. The standard InChI is InChI=1S/C25H23NO/c1-26-20-14-15-22-24(18-10-5-6-13-21(18)27-22)23(20)19-12-7-11-17(25(19)26)16-8-3-2-4-9-16/h5-7,10-16H,2-4,8-9H2,1H3.